The molecule has 11 heteroatoms. The summed E-state index contributed by atoms with van der Waals surface area (Å²) in [6.45, 7) is -0.664. The van der Waals surface area contributed by atoms with Gasteiger partial charge in [-0.2, -0.15) is 13.9 Å². The molecule has 0 fully saturated rings. The van der Waals surface area contributed by atoms with Crippen LogP contribution in [0.15, 0.2) is 12.4 Å². The molecule has 2 aromatic rings. The van der Waals surface area contributed by atoms with Gasteiger partial charge < -0.3 is 19.7 Å². The van der Waals surface area contributed by atoms with Crippen molar-refractivity contribution in [3.05, 3.63) is 17.3 Å². The van der Waals surface area contributed by atoms with Crippen LogP contribution in [0.3, 0.4) is 0 Å². The second-order valence-electron chi connectivity index (χ2n) is 6.00. The lowest BCUT2D eigenvalue weighted by molar-refractivity contribution is -0.171. The van der Waals surface area contributed by atoms with Gasteiger partial charge in [-0.1, -0.05) is 0 Å². The predicted molar refractivity (Wildman–Crippen MR) is 87.6 cm³/mol. The van der Waals surface area contributed by atoms with Gasteiger partial charge in [0, 0.05) is 18.3 Å². The molecule has 0 aliphatic carbocycles. The third-order valence-electron chi connectivity index (χ3n) is 4.17. The van der Waals surface area contributed by atoms with E-state index in [0.717, 1.165) is 11.3 Å². The van der Waals surface area contributed by atoms with Crippen molar-refractivity contribution in [3.63, 3.8) is 0 Å². The minimum absolute atomic E-state index is 0.0430. The van der Waals surface area contributed by atoms with Crippen LogP contribution in [0.5, 0.6) is 5.75 Å². The number of anilines is 1. The van der Waals surface area contributed by atoms with Crippen molar-refractivity contribution in [2.45, 2.75) is 18.6 Å². The molecule has 4 rings (SSSR count). The highest BCUT2D eigenvalue weighted by Gasteiger charge is 2.47. The third-order valence-corrected chi connectivity index (χ3v) is 5.37. The van der Waals surface area contributed by atoms with E-state index in [9.17, 15) is 18.4 Å². The number of esters is 1. The number of carbonyl (C=O) groups excluding carboxylic acids is 2. The quantitative estimate of drug-likeness (QED) is 0.781. The van der Waals surface area contributed by atoms with Gasteiger partial charge in [-0.05, 0) is 0 Å². The van der Waals surface area contributed by atoms with Gasteiger partial charge in [-0.25, -0.2) is 0 Å². The maximum Gasteiger partial charge on any atom is 0.416 e. The van der Waals surface area contributed by atoms with Crippen molar-refractivity contribution in [1.29, 1.82) is 0 Å². The number of halogens is 2. The number of rotatable bonds is 3. The van der Waals surface area contributed by atoms with Crippen molar-refractivity contribution in [1.82, 2.24) is 15.5 Å². The molecule has 0 aromatic carbocycles. The number of hydrogen-bond donors (Lipinski definition) is 2. The van der Waals surface area contributed by atoms with Crippen LogP contribution < -0.4 is 15.0 Å². The molecule has 138 valence electrons. The van der Waals surface area contributed by atoms with E-state index in [0.29, 0.717) is 16.1 Å². The number of ether oxygens (including phenoxy) is 2. The van der Waals surface area contributed by atoms with Gasteiger partial charge in [0.25, 0.3) is 5.91 Å². The number of hydrogen-bond acceptors (Lipinski definition) is 7. The van der Waals surface area contributed by atoms with E-state index in [-0.39, 0.29) is 23.6 Å². The van der Waals surface area contributed by atoms with Gasteiger partial charge in [0.2, 0.25) is 0 Å². The fraction of sp³-hybridized carbons (Fsp3) is 0.400. The highest BCUT2D eigenvalue weighted by atomic mass is 32.1. The fourth-order valence-corrected chi connectivity index (χ4v) is 4.24. The maximum atomic E-state index is 14.2. The first kappa shape index (κ1) is 16.8. The summed E-state index contributed by atoms with van der Waals surface area (Å²) in [5, 5.41) is 9.15. The number of nitrogens with one attached hydrogen (secondary N) is 2. The third kappa shape index (κ3) is 2.77. The minimum Gasteiger partial charge on any atom is -0.469 e. The average molecular weight is 384 g/mol. The number of nitrogens with zero attached hydrogens (tertiary/aromatic N) is 2. The van der Waals surface area contributed by atoms with Crippen LogP contribution in [0.2, 0.25) is 0 Å². The maximum absolute atomic E-state index is 14.2. The van der Waals surface area contributed by atoms with Crippen LogP contribution in [0.4, 0.5) is 14.5 Å². The number of thiophene rings is 1. The smallest absolute Gasteiger partial charge is 0.416 e. The monoisotopic (exact) mass is 384 g/mol. The first-order valence-electron chi connectivity index (χ1n) is 7.73. The Bertz CT molecular complexity index is 867. The van der Waals surface area contributed by atoms with Gasteiger partial charge in [-0.15, -0.1) is 11.3 Å². The molecular formula is C15H14F2N4O4S. The van der Waals surface area contributed by atoms with Crippen LogP contribution >= 0.6 is 11.3 Å². The van der Waals surface area contributed by atoms with Crippen molar-refractivity contribution < 1.29 is 27.8 Å². The van der Waals surface area contributed by atoms with Crippen molar-refractivity contribution in [3.8, 4) is 16.2 Å². The van der Waals surface area contributed by atoms with E-state index in [2.05, 4.69) is 20.3 Å². The molecule has 2 aliphatic rings. The second kappa shape index (κ2) is 5.94. The van der Waals surface area contributed by atoms with Gasteiger partial charge >= 0.3 is 12.1 Å². The largest absolute Gasteiger partial charge is 0.469 e. The van der Waals surface area contributed by atoms with Crippen molar-refractivity contribution in [2.75, 3.05) is 25.1 Å². The summed E-state index contributed by atoms with van der Waals surface area (Å²) >= 11 is 1.05. The summed E-state index contributed by atoms with van der Waals surface area (Å²) in [6, 6.07) is -0.645. The van der Waals surface area contributed by atoms with E-state index in [4.69, 9.17) is 4.74 Å². The van der Waals surface area contributed by atoms with Crippen LogP contribution in [-0.2, 0) is 9.53 Å². The summed E-state index contributed by atoms with van der Waals surface area (Å²) in [6.07, 6.45) is -0.517. The Labute approximate surface area is 150 Å². The summed E-state index contributed by atoms with van der Waals surface area (Å²) in [4.78, 5) is 26.2. The van der Waals surface area contributed by atoms with E-state index in [1.807, 2.05) is 0 Å². The second-order valence-corrected chi connectivity index (χ2v) is 7.02. The number of alkyl halides is 2. The van der Waals surface area contributed by atoms with E-state index in [1.54, 1.807) is 6.20 Å². The predicted octanol–water partition coefficient (Wildman–Crippen LogP) is 1.60. The number of methoxy groups -OCH3 is 1. The molecular weight excluding hydrogens is 370 g/mol. The number of aromatic amines is 1. The van der Waals surface area contributed by atoms with E-state index in [1.165, 1.54) is 18.2 Å². The Hall–Kier alpha value is -2.69. The molecule has 8 nitrogen and oxygen atoms in total. The minimum atomic E-state index is -3.42. The molecule has 0 saturated carbocycles. The van der Waals surface area contributed by atoms with Crippen molar-refractivity contribution >= 4 is 28.9 Å². The summed E-state index contributed by atoms with van der Waals surface area (Å²) in [5.74, 6) is -1.01. The van der Waals surface area contributed by atoms with E-state index >= 15 is 0 Å². The Kier molecular flexibility index (Phi) is 3.83. The standard InChI is InChI=1S/C15H14F2N4O4S/c1-24-9(22)2-8-5-21-6-15(16,17)25-11-10(21)13(14(23)20-8)26-12(11)7-3-18-19-4-7/h3-4,8H,2,5-6H2,1H3,(H,18,19)(H,20,23). The molecule has 26 heavy (non-hydrogen) atoms. The lowest BCUT2D eigenvalue weighted by Crippen LogP contribution is -2.49. The zero-order valence-corrected chi connectivity index (χ0v) is 14.4. The van der Waals surface area contributed by atoms with Crippen LogP contribution in [0.1, 0.15) is 16.1 Å². The number of aromatic nitrogens is 2. The highest BCUT2D eigenvalue weighted by molar-refractivity contribution is 7.18. The Balaban J connectivity index is 1.79. The molecule has 2 aliphatic heterocycles. The van der Waals surface area contributed by atoms with Gasteiger partial charge in [0.05, 0.1) is 30.6 Å². The molecule has 1 unspecified atom stereocenters. The number of H-pyrrole nitrogens is 1. The summed E-state index contributed by atoms with van der Waals surface area (Å²) < 4.78 is 37.9. The lowest BCUT2D eigenvalue weighted by Gasteiger charge is -2.35. The molecule has 2 N–H and O–H groups in total. The number of amides is 1. The zero-order valence-electron chi connectivity index (χ0n) is 13.5. The molecule has 0 radical (unpaired) electrons. The molecule has 0 spiro atoms. The average Bonchev–Trinajstić information content (AvgIpc) is 3.18. The van der Waals surface area contributed by atoms with Crippen LogP contribution in [0.25, 0.3) is 10.4 Å². The van der Waals surface area contributed by atoms with Gasteiger partial charge in [0.15, 0.2) is 5.75 Å². The molecule has 1 amide bonds. The summed E-state index contributed by atoms with van der Waals surface area (Å²) in [5.41, 5.74) is 0.872. The molecule has 1 atom stereocenters. The molecule has 0 bridgehead atoms. The fourth-order valence-electron chi connectivity index (χ4n) is 3.11. The first-order valence-corrected chi connectivity index (χ1v) is 8.55. The zero-order chi connectivity index (χ0) is 18.5. The topological polar surface area (TPSA) is 96.5 Å². The Morgan fingerprint density at radius 3 is 3.04 bits per heavy atom. The molecule has 2 aromatic heterocycles. The Morgan fingerprint density at radius 2 is 2.35 bits per heavy atom. The summed E-state index contributed by atoms with van der Waals surface area (Å²) in [7, 11) is 1.23. The Morgan fingerprint density at radius 1 is 1.54 bits per heavy atom. The van der Waals surface area contributed by atoms with E-state index < -0.39 is 30.6 Å². The van der Waals surface area contributed by atoms with Crippen LogP contribution in [-0.4, -0.2) is 54.4 Å². The highest BCUT2D eigenvalue weighted by Crippen LogP contribution is 2.52. The van der Waals surface area contributed by atoms with Crippen LogP contribution in [0, 0.1) is 0 Å². The molecule has 4 heterocycles. The number of carbonyl (C=O) groups is 2. The lowest BCUT2D eigenvalue weighted by atomic mass is 10.1. The molecule has 0 saturated heterocycles. The first-order chi connectivity index (χ1) is 12.4. The normalized spacial score (nSPS) is 20.7. The SMILES string of the molecule is COC(=O)CC1CN2CC(F)(F)Oc3c(-c4cn[nH]c4)sc(c32)C(=O)N1. The van der Waals surface area contributed by atoms with Crippen molar-refractivity contribution in [2.24, 2.45) is 0 Å². The van der Waals surface area contributed by atoms with Gasteiger partial charge in [0.1, 0.15) is 17.1 Å². The van der Waals surface area contributed by atoms with Gasteiger partial charge in [-0.3, -0.25) is 14.7 Å².